The maximum absolute atomic E-state index is 13.9. The van der Waals surface area contributed by atoms with E-state index in [1.54, 1.807) is 18.2 Å². The molecule has 0 unspecified atom stereocenters. The Bertz CT molecular complexity index is 694. The first-order valence-electron chi connectivity index (χ1n) is 7.18. The van der Waals surface area contributed by atoms with Gasteiger partial charge in [-0.15, -0.1) is 11.3 Å². The first-order valence-corrected chi connectivity index (χ1v) is 8.06. The lowest BCUT2D eigenvalue weighted by atomic mass is 9.94. The van der Waals surface area contributed by atoms with Crippen molar-refractivity contribution in [3.8, 4) is 0 Å². The van der Waals surface area contributed by atoms with E-state index in [-0.39, 0.29) is 11.7 Å². The van der Waals surface area contributed by atoms with Crippen molar-refractivity contribution in [2.24, 2.45) is 0 Å². The summed E-state index contributed by atoms with van der Waals surface area (Å²) < 4.78 is 13.9. The van der Waals surface area contributed by atoms with Crippen LogP contribution in [0.15, 0.2) is 29.6 Å². The van der Waals surface area contributed by atoms with Crippen molar-refractivity contribution in [2.45, 2.75) is 24.8 Å². The van der Waals surface area contributed by atoms with E-state index < -0.39 is 5.41 Å². The average molecular weight is 319 g/mol. The minimum atomic E-state index is -0.689. The number of thiazole rings is 1. The van der Waals surface area contributed by atoms with Crippen molar-refractivity contribution < 1.29 is 9.18 Å². The number of halogens is 1. The van der Waals surface area contributed by atoms with Crippen molar-refractivity contribution in [1.82, 2.24) is 10.3 Å². The normalized spacial score (nSPS) is 15.4. The number of aromatic nitrogens is 1. The van der Waals surface area contributed by atoms with E-state index in [4.69, 9.17) is 0 Å². The highest BCUT2D eigenvalue weighted by molar-refractivity contribution is 7.13. The molecular formula is C16H18FN3OS. The summed E-state index contributed by atoms with van der Waals surface area (Å²) in [6.45, 7) is 0.374. The Hall–Kier alpha value is -1.95. The van der Waals surface area contributed by atoms with Gasteiger partial charge < -0.3 is 10.2 Å². The average Bonchev–Trinajstić information content (AvgIpc) is 3.16. The van der Waals surface area contributed by atoms with Crippen LogP contribution in [0.3, 0.4) is 0 Å². The van der Waals surface area contributed by atoms with E-state index in [9.17, 15) is 9.18 Å². The molecule has 1 fully saturated rings. The first-order chi connectivity index (χ1) is 10.5. The second kappa shape index (κ2) is 5.68. The lowest BCUT2D eigenvalue weighted by Gasteiger charge is -2.16. The number of nitrogens with zero attached hydrogens (tertiary/aromatic N) is 2. The number of amides is 1. The van der Waals surface area contributed by atoms with Crippen LogP contribution in [0, 0.1) is 5.82 Å². The fourth-order valence-electron chi connectivity index (χ4n) is 2.52. The van der Waals surface area contributed by atoms with Crippen LogP contribution in [0.2, 0.25) is 0 Å². The standard InChI is InChI=1S/C16H18FN3OS/c1-20(2)15-19-11(10-22-15)9-18-14(21)16(7-8-16)12-5-3-4-6-13(12)17/h3-6,10H,7-9H2,1-2H3,(H,18,21). The van der Waals surface area contributed by atoms with Crippen LogP contribution in [0.5, 0.6) is 0 Å². The molecule has 0 saturated heterocycles. The minimum Gasteiger partial charge on any atom is -0.354 e. The molecule has 0 bridgehead atoms. The van der Waals surface area contributed by atoms with Crippen molar-refractivity contribution in [3.63, 3.8) is 0 Å². The van der Waals surface area contributed by atoms with Crippen molar-refractivity contribution in [3.05, 3.63) is 46.7 Å². The zero-order valence-corrected chi connectivity index (χ0v) is 13.4. The van der Waals surface area contributed by atoms with E-state index in [0.717, 1.165) is 10.8 Å². The Morgan fingerprint density at radius 2 is 2.14 bits per heavy atom. The van der Waals surface area contributed by atoms with Crippen LogP contribution in [0.4, 0.5) is 9.52 Å². The molecule has 1 aromatic carbocycles. The Morgan fingerprint density at radius 1 is 1.41 bits per heavy atom. The molecule has 1 saturated carbocycles. The summed E-state index contributed by atoms with van der Waals surface area (Å²) in [6.07, 6.45) is 1.39. The molecule has 1 aliphatic carbocycles. The predicted octanol–water partition coefficient (Wildman–Crippen LogP) is 2.70. The van der Waals surface area contributed by atoms with Crippen molar-refractivity contribution in [2.75, 3.05) is 19.0 Å². The zero-order chi connectivity index (χ0) is 15.7. The molecule has 1 heterocycles. The molecule has 1 amide bonds. The minimum absolute atomic E-state index is 0.114. The maximum Gasteiger partial charge on any atom is 0.231 e. The third-order valence-electron chi connectivity index (χ3n) is 3.93. The number of rotatable bonds is 5. The molecule has 0 aliphatic heterocycles. The van der Waals surface area contributed by atoms with Gasteiger partial charge in [0.05, 0.1) is 17.7 Å². The Labute approximate surface area is 133 Å². The number of carbonyl (C=O) groups is 1. The molecule has 22 heavy (non-hydrogen) atoms. The summed E-state index contributed by atoms with van der Waals surface area (Å²) in [5, 5.41) is 5.73. The number of nitrogens with one attached hydrogen (secondary N) is 1. The molecular weight excluding hydrogens is 301 g/mol. The van der Waals surface area contributed by atoms with Crippen LogP contribution in [-0.2, 0) is 16.8 Å². The van der Waals surface area contributed by atoms with Gasteiger partial charge in [0.2, 0.25) is 5.91 Å². The topological polar surface area (TPSA) is 45.2 Å². The van der Waals surface area contributed by atoms with Gasteiger partial charge in [-0.1, -0.05) is 18.2 Å². The van der Waals surface area contributed by atoms with Gasteiger partial charge in [0.25, 0.3) is 0 Å². The number of hydrogen-bond acceptors (Lipinski definition) is 4. The van der Waals surface area contributed by atoms with Gasteiger partial charge in [-0.25, -0.2) is 9.37 Å². The molecule has 0 radical (unpaired) electrons. The van der Waals surface area contributed by atoms with E-state index >= 15 is 0 Å². The van der Waals surface area contributed by atoms with Crippen LogP contribution in [0.1, 0.15) is 24.1 Å². The van der Waals surface area contributed by atoms with Gasteiger partial charge in [-0.3, -0.25) is 4.79 Å². The van der Waals surface area contributed by atoms with E-state index in [1.165, 1.54) is 17.4 Å². The molecule has 1 aromatic heterocycles. The second-order valence-electron chi connectivity index (χ2n) is 5.76. The summed E-state index contributed by atoms with van der Waals surface area (Å²) in [4.78, 5) is 18.8. The van der Waals surface area contributed by atoms with Crippen molar-refractivity contribution in [1.29, 1.82) is 0 Å². The fourth-order valence-corrected chi connectivity index (χ4v) is 3.27. The molecule has 0 spiro atoms. The summed E-state index contributed by atoms with van der Waals surface area (Å²) in [6, 6.07) is 6.53. The van der Waals surface area contributed by atoms with Crippen LogP contribution >= 0.6 is 11.3 Å². The molecule has 1 N–H and O–H groups in total. The van der Waals surface area contributed by atoms with E-state index in [2.05, 4.69) is 10.3 Å². The van der Waals surface area contributed by atoms with Gasteiger partial charge in [-0.05, 0) is 18.9 Å². The summed E-state index contributed by atoms with van der Waals surface area (Å²) in [5.74, 6) is -0.421. The summed E-state index contributed by atoms with van der Waals surface area (Å²) in [7, 11) is 3.86. The summed E-state index contributed by atoms with van der Waals surface area (Å²) >= 11 is 1.53. The van der Waals surface area contributed by atoms with Gasteiger partial charge in [0.15, 0.2) is 5.13 Å². The molecule has 3 rings (SSSR count). The number of carbonyl (C=O) groups excluding carboxylic acids is 1. The van der Waals surface area contributed by atoms with Gasteiger partial charge in [-0.2, -0.15) is 0 Å². The Balaban J connectivity index is 1.68. The van der Waals surface area contributed by atoms with Crippen LogP contribution in [0.25, 0.3) is 0 Å². The highest BCUT2D eigenvalue weighted by Crippen LogP contribution is 2.49. The van der Waals surface area contributed by atoms with Gasteiger partial charge in [0, 0.05) is 25.0 Å². The zero-order valence-electron chi connectivity index (χ0n) is 12.6. The molecule has 4 nitrogen and oxygen atoms in total. The molecule has 2 aromatic rings. The Morgan fingerprint density at radius 3 is 2.73 bits per heavy atom. The number of anilines is 1. The molecule has 1 aliphatic rings. The highest BCUT2D eigenvalue weighted by Gasteiger charge is 2.52. The van der Waals surface area contributed by atoms with Crippen molar-refractivity contribution >= 4 is 22.4 Å². The number of hydrogen-bond donors (Lipinski definition) is 1. The van der Waals surface area contributed by atoms with E-state index in [1.807, 2.05) is 24.4 Å². The molecule has 116 valence electrons. The van der Waals surface area contributed by atoms with Gasteiger partial charge >= 0.3 is 0 Å². The highest BCUT2D eigenvalue weighted by atomic mass is 32.1. The number of benzene rings is 1. The molecule has 0 atom stereocenters. The third-order valence-corrected chi connectivity index (χ3v) is 4.98. The van der Waals surface area contributed by atoms with Crippen LogP contribution < -0.4 is 10.2 Å². The summed E-state index contributed by atoms with van der Waals surface area (Å²) in [5.41, 5.74) is 0.636. The fraction of sp³-hybridized carbons (Fsp3) is 0.375. The quantitative estimate of drug-likeness (QED) is 0.921. The molecule has 6 heteroatoms. The largest absolute Gasteiger partial charge is 0.354 e. The van der Waals surface area contributed by atoms with Crippen LogP contribution in [-0.4, -0.2) is 25.0 Å². The Kier molecular flexibility index (Phi) is 3.87. The monoisotopic (exact) mass is 319 g/mol. The maximum atomic E-state index is 13.9. The van der Waals surface area contributed by atoms with Gasteiger partial charge in [0.1, 0.15) is 5.82 Å². The second-order valence-corrected chi connectivity index (χ2v) is 6.60. The SMILES string of the molecule is CN(C)c1nc(CNC(=O)C2(c3ccccc3F)CC2)cs1. The lowest BCUT2D eigenvalue weighted by Crippen LogP contribution is -2.35. The van der Waals surface area contributed by atoms with E-state index in [0.29, 0.717) is 24.9 Å². The smallest absolute Gasteiger partial charge is 0.231 e. The predicted molar refractivity (Wildman–Crippen MR) is 85.6 cm³/mol. The third kappa shape index (κ3) is 2.70. The lowest BCUT2D eigenvalue weighted by molar-refractivity contribution is -0.123. The first kappa shape index (κ1) is 15.0.